The van der Waals surface area contributed by atoms with Crippen LogP contribution in [-0.4, -0.2) is 25.7 Å². The van der Waals surface area contributed by atoms with Gasteiger partial charge in [0.05, 0.1) is 17.5 Å². The highest BCUT2D eigenvalue weighted by molar-refractivity contribution is 7.92. The van der Waals surface area contributed by atoms with Crippen LogP contribution in [0.1, 0.15) is 15.9 Å². The summed E-state index contributed by atoms with van der Waals surface area (Å²) in [4.78, 5) is 10.8. The van der Waals surface area contributed by atoms with Crippen molar-refractivity contribution in [2.24, 2.45) is 0 Å². The zero-order valence-corrected chi connectivity index (χ0v) is 9.13. The smallest absolute Gasteiger partial charge is 0.337 e. The lowest BCUT2D eigenvalue weighted by Crippen LogP contribution is -2.14. The van der Waals surface area contributed by atoms with Crippen LogP contribution in [0.3, 0.4) is 0 Å². The Bertz CT molecular complexity index is 493. The topological polar surface area (TPSA) is 83.5 Å². The molecule has 0 aliphatic rings. The normalized spacial score (nSPS) is 11.1. The lowest BCUT2D eigenvalue weighted by molar-refractivity contribution is 0.0698. The third-order valence-electron chi connectivity index (χ3n) is 1.79. The van der Waals surface area contributed by atoms with Crippen molar-refractivity contribution in [3.63, 3.8) is 0 Å². The number of aromatic carboxylic acids is 1. The highest BCUT2D eigenvalue weighted by atomic mass is 32.2. The molecule has 0 saturated heterocycles. The first kappa shape index (κ1) is 11.5. The Balaban J connectivity index is 3.32. The molecular formula is C9H11NO4S. The van der Waals surface area contributed by atoms with Gasteiger partial charge in [0.1, 0.15) is 0 Å². The van der Waals surface area contributed by atoms with E-state index in [2.05, 4.69) is 4.72 Å². The van der Waals surface area contributed by atoms with Crippen LogP contribution in [0.4, 0.5) is 5.69 Å². The third-order valence-corrected chi connectivity index (χ3v) is 2.37. The molecule has 2 N–H and O–H groups in total. The standard InChI is InChI=1S/C9H11NO4S/c1-6-4-3-5-7(9(11)12)8(6)10-15(2,13)14/h3-5,10H,1-2H3,(H,11,12). The molecule has 1 aromatic rings. The molecule has 15 heavy (non-hydrogen) atoms. The number of carbonyl (C=O) groups is 1. The van der Waals surface area contributed by atoms with E-state index in [0.717, 1.165) is 6.26 Å². The van der Waals surface area contributed by atoms with Crippen molar-refractivity contribution in [1.29, 1.82) is 0 Å². The number of sulfonamides is 1. The molecule has 0 amide bonds. The van der Waals surface area contributed by atoms with E-state index in [1.807, 2.05) is 0 Å². The number of nitrogens with one attached hydrogen (secondary N) is 1. The van der Waals surface area contributed by atoms with Crippen LogP contribution in [0.2, 0.25) is 0 Å². The molecule has 0 aliphatic carbocycles. The Kier molecular flexibility index (Phi) is 2.99. The van der Waals surface area contributed by atoms with Gasteiger partial charge in [-0.25, -0.2) is 13.2 Å². The number of carboxylic acid groups (broad SMARTS) is 1. The molecule has 0 aliphatic heterocycles. The zero-order chi connectivity index (χ0) is 11.6. The van der Waals surface area contributed by atoms with Crippen molar-refractivity contribution < 1.29 is 18.3 Å². The molecule has 0 fully saturated rings. The van der Waals surface area contributed by atoms with Crippen molar-refractivity contribution >= 4 is 21.7 Å². The van der Waals surface area contributed by atoms with E-state index in [1.54, 1.807) is 19.1 Å². The maximum atomic E-state index is 11.0. The Hall–Kier alpha value is -1.56. The van der Waals surface area contributed by atoms with Gasteiger partial charge in [-0.15, -0.1) is 0 Å². The van der Waals surface area contributed by atoms with Crippen LogP contribution in [-0.2, 0) is 10.0 Å². The Labute approximate surface area is 87.8 Å². The first-order valence-corrected chi connectivity index (χ1v) is 6.01. The second-order valence-electron chi connectivity index (χ2n) is 3.18. The van der Waals surface area contributed by atoms with Gasteiger partial charge in [-0.3, -0.25) is 4.72 Å². The predicted molar refractivity (Wildman–Crippen MR) is 56.6 cm³/mol. The molecule has 0 bridgehead atoms. The van der Waals surface area contributed by atoms with Gasteiger partial charge in [0, 0.05) is 0 Å². The molecule has 1 aromatic carbocycles. The Morgan fingerprint density at radius 3 is 2.47 bits per heavy atom. The molecule has 1 rings (SSSR count). The Morgan fingerprint density at radius 2 is 2.00 bits per heavy atom. The molecule has 0 spiro atoms. The monoisotopic (exact) mass is 229 g/mol. The van der Waals surface area contributed by atoms with E-state index >= 15 is 0 Å². The van der Waals surface area contributed by atoms with Crippen molar-refractivity contribution in [2.45, 2.75) is 6.92 Å². The number of rotatable bonds is 3. The van der Waals surface area contributed by atoms with E-state index in [1.165, 1.54) is 6.07 Å². The van der Waals surface area contributed by atoms with Crippen LogP contribution in [0.15, 0.2) is 18.2 Å². The molecule has 82 valence electrons. The number of benzene rings is 1. The first-order chi connectivity index (χ1) is 6.81. The number of hydrogen-bond acceptors (Lipinski definition) is 3. The number of para-hydroxylation sites is 1. The molecule has 0 unspecified atom stereocenters. The molecular weight excluding hydrogens is 218 g/mol. The number of anilines is 1. The SMILES string of the molecule is Cc1cccc(C(=O)O)c1NS(C)(=O)=O. The Morgan fingerprint density at radius 1 is 1.40 bits per heavy atom. The average molecular weight is 229 g/mol. The van der Waals surface area contributed by atoms with Crippen molar-refractivity contribution in [3.8, 4) is 0 Å². The lowest BCUT2D eigenvalue weighted by atomic mass is 10.1. The van der Waals surface area contributed by atoms with E-state index in [4.69, 9.17) is 5.11 Å². The molecule has 0 heterocycles. The van der Waals surface area contributed by atoms with E-state index in [0.29, 0.717) is 5.56 Å². The van der Waals surface area contributed by atoms with Gasteiger partial charge < -0.3 is 5.11 Å². The summed E-state index contributed by atoms with van der Waals surface area (Å²) in [5.74, 6) is -1.16. The van der Waals surface area contributed by atoms with Crippen molar-refractivity contribution in [2.75, 3.05) is 11.0 Å². The van der Waals surface area contributed by atoms with Crippen LogP contribution >= 0.6 is 0 Å². The van der Waals surface area contributed by atoms with Crippen LogP contribution < -0.4 is 4.72 Å². The minimum absolute atomic E-state index is 0.0552. The van der Waals surface area contributed by atoms with E-state index < -0.39 is 16.0 Å². The maximum absolute atomic E-state index is 11.0. The van der Waals surface area contributed by atoms with Crippen molar-refractivity contribution in [3.05, 3.63) is 29.3 Å². The number of aryl methyl sites for hydroxylation is 1. The van der Waals surface area contributed by atoms with Gasteiger partial charge in [-0.05, 0) is 18.6 Å². The van der Waals surface area contributed by atoms with E-state index in [9.17, 15) is 13.2 Å². The highest BCUT2D eigenvalue weighted by Gasteiger charge is 2.14. The van der Waals surface area contributed by atoms with Gasteiger partial charge in [0.25, 0.3) is 0 Å². The zero-order valence-electron chi connectivity index (χ0n) is 8.31. The lowest BCUT2D eigenvalue weighted by Gasteiger charge is -2.10. The largest absolute Gasteiger partial charge is 0.478 e. The van der Waals surface area contributed by atoms with Gasteiger partial charge in [0.2, 0.25) is 10.0 Å². The molecule has 5 nitrogen and oxygen atoms in total. The maximum Gasteiger partial charge on any atom is 0.337 e. The summed E-state index contributed by atoms with van der Waals surface area (Å²) in [6.07, 6.45) is 0.977. The fourth-order valence-electron chi connectivity index (χ4n) is 1.17. The van der Waals surface area contributed by atoms with Crippen LogP contribution in [0, 0.1) is 6.92 Å². The summed E-state index contributed by atoms with van der Waals surface area (Å²) in [6, 6.07) is 4.55. The summed E-state index contributed by atoms with van der Waals surface area (Å²) in [6.45, 7) is 1.64. The van der Waals surface area contributed by atoms with Gasteiger partial charge in [0.15, 0.2) is 0 Å². The summed E-state index contributed by atoms with van der Waals surface area (Å²) in [7, 11) is -3.47. The van der Waals surface area contributed by atoms with E-state index in [-0.39, 0.29) is 11.3 Å². The first-order valence-electron chi connectivity index (χ1n) is 4.12. The fraction of sp³-hybridized carbons (Fsp3) is 0.222. The summed E-state index contributed by atoms with van der Waals surface area (Å²) in [5.41, 5.74) is 0.633. The fourth-order valence-corrected chi connectivity index (χ4v) is 1.81. The number of carboxylic acids is 1. The quantitative estimate of drug-likeness (QED) is 0.811. The number of hydrogen-bond donors (Lipinski definition) is 2. The third kappa shape index (κ3) is 2.95. The van der Waals surface area contributed by atoms with Crippen LogP contribution in [0.5, 0.6) is 0 Å². The minimum Gasteiger partial charge on any atom is -0.478 e. The van der Waals surface area contributed by atoms with Crippen LogP contribution in [0.25, 0.3) is 0 Å². The minimum atomic E-state index is -3.47. The van der Waals surface area contributed by atoms with Gasteiger partial charge >= 0.3 is 5.97 Å². The van der Waals surface area contributed by atoms with Gasteiger partial charge in [-0.1, -0.05) is 12.1 Å². The summed E-state index contributed by atoms with van der Waals surface area (Å²) < 4.78 is 24.2. The molecule has 6 heteroatoms. The average Bonchev–Trinajstić information content (AvgIpc) is 2.05. The summed E-state index contributed by atoms with van der Waals surface area (Å²) >= 11 is 0. The second kappa shape index (κ2) is 3.90. The van der Waals surface area contributed by atoms with Crippen molar-refractivity contribution in [1.82, 2.24) is 0 Å². The summed E-state index contributed by atoms with van der Waals surface area (Å²) in [5, 5.41) is 8.85. The molecule has 0 radical (unpaired) electrons. The highest BCUT2D eigenvalue weighted by Crippen LogP contribution is 2.21. The predicted octanol–water partition coefficient (Wildman–Crippen LogP) is 1.06. The molecule has 0 saturated carbocycles. The second-order valence-corrected chi connectivity index (χ2v) is 4.93. The van der Waals surface area contributed by atoms with Gasteiger partial charge in [-0.2, -0.15) is 0 Å². The molecule has 0 atom stereocenters. The molecule has 0 aromatic heterocycles.